The predicted molar refractivity (Wildman–Crippen MR) is 54.8 cm³/mol. The van der Waals surface area contributed by atoms with E-state index >= 15 is 0 Å². The lowest BCUT2D eigenvalue weighted by Crippen LogP contribution is -2.07. The average Bonchev–Trinajstić information content (AvgIpc) is 2.20. The lowest BCUT2D eigenvalue weighted by Gasteiger charge is -2.06. The first-order valence-electron chi connectivity index (χ1n) is 3.58. The van der Waals surface area contributed by atoms with E-state index in [1.807, 2.05) is 0 Å². The Bertz CT molecular complexity index is 370. The maximum Gasteiger partial charge on any atom is 0.360 e. The van der Waals surface area contributed by atoms with Gasteiger partial charge in [-0.1, -0.05) is 11.6 Å². The van der Waals surface area contributed by atoms with E-state index in [0.29, 0.717) is 9.63 Å². The van der Waals surface area contributed by atoms with E-state index < -0.39 is 5.97 Å². The highest BCUT2D eigenvalue weighted by molar-refractivity contribution is 9.10. The molecule has 14 heavy (non-hydrogen) atoms. The van der Waals surface area contributed by atoms with Gasteiger partial charge in [0.2, 0.25) is 0 Å². The molecule has 1 rings (SSSR count). The van der Waals surface area contributed by atoms with Gasteiger partial charge >= 0.3 is 5.97 Å². The molecular weight excluding hydrogens is 273 g/mol. The van der Waals surface area contributed by atoms with Gasteiger partial charge in [0.25, 0.3) is 0 Å². The fourth-order valence-corrected chi connectivity index (χ4v) is 1.28. The lowest BCUT2D eigenvalue weighted by molar-refractivity contribution is 0.0590. The molecule has 0 fully saturated rings. The standard InChI is InChI=1S/C8H7BrClNO3/c1-13-5-3-4(10)7(9)11-6(5)8(12)14-2/h3H,1-2H3. The SMILES string of the molecule is COC(=O)c1nc(Br)c(Cl)cc1OC. The highest BCUT2D eigenvalue weighted by atomic mass is 79.9. The average molecular weight is 281 g/mol. The Hall–Kier alpha value is -0.810. The van der Waals surface area contributed by atoms with E-state index in [9.17, 15) is 4.79 Å². The molecule has 1 heterocycles. The number of ether oxygens (including phenoxy) is 2. The van der Waals surface area contributed by atoms with Gasteiger partial charge in [-0.2, -0.15) is 0 Å². The second-order valence-corrected chi connectivity index (χ2v) is 3.46. The molecule has 6 heteroatoms. The molecule has 0 bridgehead atoms. The fraction of sp³-hybridized carbons (Fsp3) is 0.250. The molecule has 0 spiro atoms. The second-order valence-electron chi connectivity index (χ2n) is 2.30. The van der Waals surface area contributed by atoms with Crippen LogP contribution in [0.5, 0.6) is 5.75 Å². The zero-order valence-corrected chi connectivity index (χ0v) is 9.85. The molecule has 0 saturated heterocycles. The van der Waals surface area contributed by atoms with Gasteiger partial charge in [0.1, 0.15) is 4.60 Å². The minimum atomic E-state index is -0.570. The molecule has 0 N–H and O–H groups in total. The Kier molecular flexibility index (Phi) is 3.71. The lowest BCUT2D eigenvalue weighted by atomic mass is 10.3. The van der Waals surface area contributed by atoms with E-state index in [1.54, 1.807) is 0 Å². The monoisotopic (exact) mass is 279 g/mol. The number of rotatable bonds is 2. The van der Waals surface area contributed by atoms with Crippen LogP contribution in [0.15, 0.2) is 10.7 Å². The van der Waals surface area contributed by atoms with E-state index in [1.165, 1.54) is 20.3 Å². The van der Waals surface area contributed by atoms with E-state index in [0.717, 1.165) is 0 Å². The van der Waals surface area contributed by atoms with Crippen molar-refractivity contribution in [3.8, 4) is 5.75 Å². The number of carbonyl (C=O) groups is 1. The summed E-state index contributed by atoms with van der Waals surface area (Å²) in [4.78, 5) is 15.1. The molecule has 0 aliphatic carbocycles. The van der Waals surface area contributed by atoms with Crippen LogP contribution in [0.2, 0.25) is 5.02 Å². The van der Waals surface area contributed by atoms with E-state index in [4.69, 9.17) is 16.3 Å². The number of aromatic nitrogens is 1. The number of halogens is 2. The Labute approximate surface area is 94.3 Å². The molecule has 1 aromatic heterocycles. The van der Waals surface area contributed by atoms with Crippen molar-refractivity contribution in [1.82, 2.24) is 4.98 Å². The maximum absolute atomic E-state index is 11.2. The molecule has 0 aliphatic heterocycles. The summed E-state index contributed by atoms with van der Waals surface area (Å²) in [5, 5.41) is 0.370. The summed E-state index contributed by atoms with van der Waals surface area (Å²) in [6.45, 7) is 0. The summed E-state index contributed by atoms with van der Waals surface area (Å²) in [6, 6.07) is 1.49. The number of pyridine rings is 1. The van der Waals surface area contributed by atoms with Gasteiger partial charge in [-0.05, 0) is 15.9 Å². The first-order valence-corrected chi connectivity index (χ1v) is 4.75. The second kappa shape index (κ2) is 4.61. The van der Waals surface area contributed by atoms with Crippen molar-refractivity contribution < 1.29 is 14.3 Å². The fourth-order valence-electron chi connectivity index (χ4n) is 0.848. The van der Waals surface area contributed by atoms with Crippen LogP contribution in [0.25, 0.3) is 0 Å². The Morgan fingerprint density at radius 2 is 2.21 bits per heavy atom. The van der Waals surface area contributed by atoms with Gasteiger partial charge in [-0.25, -0.2) is 9.78 Å². The molecule has 76 valence electrons. The molecule has 0 aromatic carbocycles. The smallest absolute Gasteiger partial charge is 0.360 e. The van der Waals surface area contributed by atoms with Crippen molar-refractivity contribution >= 4 is 33.5 Å². The number of hydrogen-bond donors (Lipinski definition) is 0. The molecule has 0 radical (unpaired) electrons. The van der Waals surface area contributed by atoms with Gasteiger partial charge in [0, 0.05) is 6.07 Å². The highest BCUT2D eigenvalue weighted by Crippen LogP contribution is 2.27. The van der Waals surface area contributed by atoms with Crippen LogP contribution in [0.1, 0.15) is 10.5 Å². The first kappa shape index (κ1) is 11.3. The number of esters is 1. The van der Waals surface area contributed by atoms with Gasteiger partial charge in [-0.3, -0.25) is 0 Å². The molecule has 1 aromatic rings. The number of carbonyl (C=O) groups excluding carboxylic acids is 1. The number of hydrogen-bond acceptors (Lipinski definition) is 4. The highest BCUT2D eigenvalue weighted by Gasteiger charge is 2.17. The van der Waals surface area contributed by atoms with Gasteiger partial charge < -0.3 is 9.47 Å². The summed E-state index contributed by atoms with van der Waals surface area (Å²) in [5.41, 5.74) is 0.0891. The van der Waals surface area contributed by atoms with Crippen molar-refractivity contribution in [2.24, 2.45) is 0 Å². The molecule has 0 saturated carbocycles. The number of nitrogens with zero attached hydrogens (tertiary/aromatic N) is 1. The van der Waals surface area contributed by atoms with Crippen LogP contribution in [0, 0.1) is 0 Å². The van der Waals surface area contributed by atoms with Crippen molar-refractivity contribution in [1.29, 1.82) is 0 Å². The summed E-state index contributed by atoms with van der Waals surface area (Å²) in [7, 11) is 2.69. The van der Waals surface area contributed by atoms with Crippen LogP contribution < -0.4 is 4.74 Å². The van der Waals surface area contributed by atoms with Gasteiger partial charge in [0.15, 0.2) is 11.4 Å². The van der Waals surface area contributed by atoms with Crippen molar-refractivity contribution in [2.75, 3.05) is 14.2 Å². The van der Waals surface area contributed by atoms with Crippen LogP contribution >= 0.6 is 27.5 Å². The summed E-state index contributed by atoms with van der Waals surface area (Å²) >= 11 is 8.87. The minimum absolute atomic E-state index is 0.0891. The molecule has 4 nitrogen and oxygen atoms in total. The van der Waals surface area contributed by atoms with E-state index in [-0.39, 0.29) is 11.4 Å². The quantitative estimate of drug-likeness (QED) is 0.616. The normalized spacial score (nSPS) is 9.71. The number of methoxy groups -OCH3 is 2. The first-order chi connectivity index (χ1) is 6.60. The largest absolute Gasteiger partial charge is 0.494 e. The summed E-state index contributed by atoms with van der Waals surface area (Å²) < 4.78 is 9.84. The van der Waals surface area contributed by atoms with Crippen molar-refractivity contribution in [2.45, 2.75) is 0 Å². The van der Waals surface area contributed by atoms with Gasteiger partial charge in [0.05, 0.1) is 19.2 Å². The topological polar surface area (TPSA) is 48.4 Å². The van der Waals surface area contributed by atoms with E-state index in [2.05, 4.69) is 25.7 Å². The van der Waals surface area contributed by atoms with Crippen LogP contribution in [-0.2, 0) is 4.74 Å². The van der Waals surface area contributed by atoms with Crippen LogP contribution in [-0.4, -0.2) is 25.2 Å². The van der Waals surface area contributed by atoms with Crippen LogP contribution in [0.4, 0.5) is 0 Å². The molecule has 0 aliphatic rings. The molecular formula is C8H7BrClNO3. The summed E-state index contributed by atoms with van der Waals surface area (Å²) in [5.74, 6) is -0.288. The molecule has 0 amide bonds. The Morgan fingerprint density at radius 3 is 2.71 bits per heavy atom. The van der Waals surface area contributed by atoms with Crippen molar-refractivity contribution in [3.63, 3.8) is 0 Å². The molecule has 0 unspecified atom stereocenters. The zero-order chi connectivity index (χ0) is 10.7. The Morgan fingerprint density at radius 1 is 1.57 bits per heavy atom. The third-order valence-corrected chi connectivity index (χ3v) is 2.62. The molecule has 0 atom stereocenters. The van der Waals surface area contributed by atoms with Gasteiger partial charge in [-0.15, -0.1) is 0 Å². The predicted octanol–water partition coefficient (Wildman–Crippen LogP) is 2.29. The third-order valence-electron chi connectivity index (χ3n) is 1.50. The van der Waals surface area contributed by atoms with Crippen molar-refractivity contribution in [3.05, 3.63) is 21.4 Å². The van der Waals surface area contributed by atoms with Crippen LogP contribution in [0.3, 0.4) is 0 Å². The summed E-state index contributed by atoms with van der Waals surface area (Å²) in [6.07, 6.45) is 0. The third kappa shape index (κ3) is 2.16. The minimum Gasteiger partial charge on any atom is -0.494 e. The Balaban J connectivity index is 3.27. The maximum atomic E-state index is 11.2. The zero-order valence-electron chi connectivity index (χ0n) is 7.51.